The normalized spacial score (nSPS) is 16.2. The van der Waals surface area contributed by atoms with Crippen molar-refractivity contribution in [2.45, 2.75) is 12.8 Å². The molecule has 2 aromatic heterocycles. The highest BCUT2D eigenvalue weighted by molar-refractivity contribution is 7.22. The molecular formula is C23H21FN4O3S. The lowest BCUT2D eigenvalue weighted by atomic mass is 10.1. The topological polar surface area (TPSA) is 87.3 Å². The van der Waals surface area contributed by atoms with Crippen molar-refractivity contribution >= 4 is 49.4 Å². The van der Waals surface area contributed by atoms with Gasteiger partial charge in [0.2, 0.25) is 11.8 Å². The summed E-state index contributed by atoms with van der Waals surface area (Å²) in [6, 6.07) is 10.2. The Morgan fingerprint density at radius 2 is 2.22 bits per heavy atom. The van der Waals surface area contributed by atoms with E-state index in [1.165, 1.54) is 23.5 Å². The first-order chi connectivity index (χ1) is 15.5. The summed E-state index contributed by atoms with van der Waals surface area (Å²) >= 11 is 1.37. The number of likely N-dealkylation sites (tertiary alicyclic amines) is 1. The third-order valence-corrected chi connectivity index (χ3v) is 6.73. The van der Waals surface area contributed by atoms with Gasteiger partial charge in [0.1, 0.15) is 11.6 Å². The molecule has 1 aliphatic heterocycles. The molecule has 0 aliphatic carbocycles. The Morgan fingerprint density at radius 1 is 1.34 bits per heavy atom. The molecule has 4 aromatic rings. The Balaban J connectivity index is 1.22. The predicted octanol–water partition coefficient (Wildman–Crippen LogP) is 3.96. The van der Waals surface area contributed by atoms with Crippen molar-refractivity contribution in [3.63, 3.8) is 0 Å². The number of aromatic amines is 1. The maximum Gasteiger partial charge on any atom is 0.231 e. The summed E-state index contributed by atoms with van der Waals surface area (Å²) in [5.74, 6) is -0.245. The fourth-order valence-corrected chi connectivity index (χ4v) is 4.97. The van der Waals surface area contributed by atoms with Crippen LogP contribution in [-0.4, -0.2) is 46.9 Å². The molecule has 3 heterocycles. The number of aromatic nitrogens is 2. The van der Waals surface area contributed by atoms with Crippen LogP contribution in [0.25, 0.3) is 21.1 Å². The monoisotopic (exact) mass is 452 g/mol. The zero-order chi connectivity index (χ0) is 22.2. The van der Waals surface area contributed by atoms with E-state index < -0.39 is 5.92 Å². The number of nitrogens with zero attached hydrogens (tertiary/aromatic N) is 2. The number of anilines is 1. The van der Waals surface area contributed by atoms with Gasteiger partial charge in [-0.2, -0.15) is 0 Å². The van der Waals surface area contributed by atoms with E-state index >= 15 is 0 Å². The lowest BCUT2D eigenvalue weighted by Gasteiger charge is -2.16. The molecule has 2 aromatic carbocycles. The second-order valence-corrected chi connectivity index (χ2v) is 8.87. The van der Waals surface area contributed by atoms with Crippen molar-refractivity contribution in [3.05, 3.63) is 54.0 Å². The number of nitrogens with one attached hydrogen (secondary N) is 2. The van der Waals surface area contributed by atoms with Gasteiger partial charge in [0.05, 0.1) is 23.2 Å². The first-order valence-electron chi connectivity index (χ1n) is 10.3. The van der Waals surface area contributed by atoms with E-state index in [0.717, 1.165) is 32.4 Å². The summed E-state index contributed by atoms with van der Waals surface area (Å²) in [5.41, 5.74) is 2.59. The minimum Gasteiger partial charge on any atom is -0.497 e. The quantitative estimate of drug-likeness (QED) is 0.464. The molecule has 2 N–H and O–H groups in total. The van der Waals surface area contributed by atoms with Gasteiger partial charge < -0.3 is 19.9 Å². The van der Waals surface area contributed by atoms with Gasteiger partial charge in [0.15, 0.2) is 5.13 Å². The average Bonchev–Trinajstić information content (AvgIpc) is 3.47. The van der Waals surface area contributed by atoms with Gasteiger partial charge in [-0.05, 0) is 48.4 Å². The number of rotatable bonds is 6. The Hall–Kier alpha value is -3.46. The Bertz CT molecular complexity index is 1330. The molecule has 0 saturated carbocycles. The molecule has 0 radical (unpaired) electrons. The van der Waals surface area contributed by atoms with Gasteiger partial charge in [-0.15, -0.1) is 0 Å². The van der Waals surface area contributed by atoms with E-state index in [1.807, 2.05) is 24.4 Å². The van der Waals surface area contributed by atoms with E-state index in [2.05, 4.69) is 15.3 Å². The van der Waals surface area contributed by atoms with Gasteiger partial charge in [0, 0.05) is 36.6 Å². The SMILES string of the molecule is COc1ccc2nc(NC(=O)[C@@H]3CC(=O)N(CCc4c[nH]c5ccc(F)cc45)C3)sc2c1. The number of carbonyl (C=O) groups excluding carboxylic acids is 2. The first-order valence-corrected chi connectivity index (χ1v) is 11.1. The van der Waals surface area contributed by atoms with Crippen LogP contribution in [0.2, 0.25) is 0 Å². The molecule has 1 aliphatic rings. The van der Waals surface area contributed by atoms with Crippen LogP contribution in [0.15, 0.2) is 42.6 Å². The molecule has 7 nitrogen and oxygen atoms in total. The van der Waals surface area contributed by atoms with E-state index in [0.29, 0.717) is 24.6 Å². The number of benzene rings is 2. The summed E-state index contributed by atoms with van der Waals surface area (Å²) in [5, 5.41) is 4.18. The van der Waals surface area contributed by atoms with Crippen molar-refractivity contribution in [1.82, 2.24) is 14.9 Å². The molecule has 9 heteroatoms. The van der Waals surface area contributed by atoms with Crippen molar-refractivity contribution in [3.8, 4) is 5.75 Å². The zero-order valence-electron chi connectivity index (χ0n) is 17.4. The molecule has 0 spiro atoms. The number of halogens is 1. The molecule has 1 atom stereocenters. The highest BCUT2D eigenvalue weighted by atomic mass is 32.1. The number of hydrogen-bond donors (Lipinski definition) is 2. The van der Waals surface area contributed by atoms with Gasteiger partial charge in [-0.1, -0.05) is 11.3 Å². The third kappa shape index (κ3) is 3.91. The summed E-state index contributed by atoms with van der Waals surface area (Å²) in [6.07, 6.45) is 2.60. The second kappa shape index (κ2) is 8.23. The van der Waals surface area contributed by atoms with Crippen molar-refractivity contribution in [2.24, 2.45) is 5.92 Å². The highest BCUT2D eigenvalue weighted by Gasteiger charge is 2.34. The first kappa shape index (κ1) is 20.4. The summed E-state index contributed by atoms with van der Waals surface area (Å²) in [4.78, 5) is 34.5. The van der Waals surface area contributed by atoms with E-state index in [4.69, 9.17) is 4.74 Å². The van der Waals surface area contributed by atoms with Crippen LogP contribution in [0, 0.1) is 11.7 Å². The molecular weight excluding hydrogens is 431 g/mol. The molecule has 0 bridgehead atoms. The highest BCUT2D eigenvalue weighted by Crippen LogP contribution is 2.30. The Morgan fingerprint density at radius 3 is 3.06 bits per heavy atom. The summed E-state index contributed by atoms with van der Waals surface area (Å²) < 4.78 is 19.7. The minimum atomic E-state index is -0.426. The summed E-state index contributed by atoms with van der Waals surface area (Å²) in [6.45, 7) is 0.840. The van der Waals surface area contributed by atoms with Gasteiger partial charge in [0.25, 0.3) is 0 Å². The minimum absolute atomic E-state index is 0.0507. The fraction of sp³-hybridized carbons (Fsp3) is 0.261. The molecule has 1 fully saturated rings. The van der Waals surface area contributed by atoms with E-state index in [9.17, 15) is 14.0 Å². The Labute approximate surface area is 187 Å². The second-order valence-electron chi connectivity index (χ2n) is 7.84. The number of fused-ring (bicyclic) bond motifs is 2. The fourth-order valence-electron chi connectivity index (χ4n) is 4.07. The van der Waals surface area contributed by atoms with Crippen LogP contribution in [0.4, 0.5) is 9.52 Å². The summed E-state index contributed by atoms with van der Waals surface area (Å²) in [7, 11) is 1.60. The number of carbonyl (C=O) groups is 2. The maximum atomic E-state index is 13.6. The van der Waals surface area contributed by atoms with E-state index in [1.54, 1.807) is 18.1 Å². The van der Waals surface area contributed by atoms with Crippen molar-refractivity contribution in [2.75, 3.05) is 25.5 Å². The maximum absolute atomic E-state index is 13.6. The van der Waals surface area contributed by atoms with Crippen LogP contribution in [0.5, 0.6) is 5.75 Å². The lowest BCUT2D eigenvalue weighted by molar-refractivity contribution is -0.128. The van der Waals surface area contributed by atoms with Gasteiger partial charge in [-0.3, -0.25) is 9.59 Å². The zero-order valence-corrected chi connectivity index (χ0v) is 18.2. The molecule has 1 saturated heterocycles. The molecule has 164 valence electrons. The largest absolute Gasteiger partial charge is 0.497 e. The van der Waals surface area contributed by atoms with E-state index in [-0.39, 0.29) is 24.1 Å². The number of H-pyrrole nitrogens is 1. The number of ether oxygens (including phenoxy) is 1. The smallest absolute Gasteiger partial charge is 0.231 e. The number of amides is 2. The third-order valence-electron chi connectivity index (χ3n) is 5.79. The molecule has 5 rings (SSSR count). The number of hydrogen-bond acceptors (Lipinski definition) is 5. The predicted molar refractivity (Wildman–Crippen MR) is 121 cm³/mol. The van der Waals surface area contributed by atoms with Crippen LogP contribution < -0.4 is 10.1 Å². The van der Waals surface area contributed by atoms with Gasteiger partial charge >= 0.3 is 0 Å². The van der Waals surface area contributed by atoms with Crippen molar-refractivity contribution in [1.29, 1.82) is 0 Å². The van der Waals surface area contributed by atoms with Crippen LogP contribution in [-0.2, 0) is 16.0 Å². The molecule has 32 heavy (non-hydrogen) atoms. The standard InChI is InChI=1S/C23H21FN4O3S/c1-31-16-3-5-19-20(10-16)32-23(26-19)27-22(30)14-8-21(29)28(12-14)7-6-13-11-25-18-4-2-15(24)9-17(13)18/h2-5,9-11,14,25H,6-8,12H2,1H3,(H,26,27,30)/t14-/m1/s1. The van der Waals surface area contributed by atoms with Gasteiger partial charge in [-0.25, -0.2) is 9.37 Å². The van der Waals surface area contributed by atoms with Crippen LogP contribution in [0.1, 0.15) is 12.0 Å². The number of thiazole rings is 1. The van der Waals surface area contributed by atoms with Crippen molar-refractivity contribution < 1.29 is 18.7 Å². The van der Waals surface area contributed by atoms with Crippen LogP contribution >= 0.6 is 11.3 Å². The average molecular weight is 453 g/mol. The molecule has 2 amide bonds. The number of methoxy groups -OCH3 is 1. The van der Waals surface area contributed by atoms with Crippen LogP contribution in [0.3, 0.4) is 0 Å². The lowest BCUT2D eigenvalue weighted by Crippen LogP contribution is -2.29. The molecule has 0 unspecified atom stereocenters. The Kier molecular flexibility index (Phi) is 5.26.